The molecule has 0 bridgehead atoms. The first-order valence-corrected chi connectivity index (χ1v) is 7.44. The zero-order valence-corrected chi connectivity index (χ0v) is 12.3. The Kier molecular flexibility index (Phi) is 3.66. The van der Waals surface area contributed by atoms with Gasteiger partial charge in [0.15, 0.2) is 5.96 Å². The number of benzene rings is 1. The highest BCUT2D eigenvalue weighted by atomic mass is 15.3. The monoisotopic (exact) mass is 272 g/mol. The average molecular weight is 272 g/mol. The standard InChI is InChI=1S/C16H24N4/c1-19-9-7-16(12-19)8-10-20(13-16)15(17)18-11-14-5-3-2-4-6-14/h2-6H,7-13H2,1H3,(H2,17,18). The molecule has 2 aliphatic heterocycles. The molecule has 2 N–H and O–H groups in total. The molecule has 0 aromatic heterocycles. The van der Waals surface area contributed by atoms with Crippen molar-refractivity contribution in [1.29, 1.82) is 0 Å². The summed E-state index contributed by atoms with van der Waals surface area (Å²) < 4.78 is 0. The molecule has 0 saturated carbocycles. The van der Waals surface area contributed by atoms with Gasteiger partial charge < -0.3 is 15.5 Å². The summed E-state index contributed by atoms with van der Waals surface area (Å²) in [4.78, 5) is 9.25. The fourth-order valence-electron chi connectivity index (χ4n) is 3.48. The zero-order chi connectivity index (χ0) is 14.0. The lowest BCUT2D eigenvalue weighted by Gasteiger charge is -2.24. The third-order valence-corrected chi connectivity index (χ3v) is 4.66. The Morgan fingerprint density at radius 1 is 1.20 bits per heavy atom. The van der Waals surface area contributed by atoms with Crippen molar-refractivity contribution in [2.75, 3.05) is 33.2 Å². The second kappa shape index (κ2) is 5.44. The number of aliphatic imine (C=N–C) groups is 1. The van der Waals surface area contributed by atoms with E-state index >= 15 is 0 Å². The quantitative estimate of drug-likeness (QED) is 0.656. The number of guanidine groups is 1. The third-order valence-electron chi connectivity index (χ3n) is 4.66. The van der Waals surface area contributed by atoms with Gasteiger partial charge in [-0.25, -0.2) is 4.99 Å². The van der Waals surface area contributed by atoms with Crippen molar-refractivity contribution in [2.24, 2.45) is 16.1 Å². The molecular weight excluding hydrogens is 248 g/mol. The van der Waals surface area contributed by atoms with E-state index < -0.39 is 0 Å². The minimum Gasteiger partial charge on any atom is -0.370 e. The molecule has 2 fully saturated rings. The van der Waals surface area contributed by atoms with E-state index in [4.69, 9.17) is 5.73 Å². The summed E-state index contributed by atoms with van der Waals surface area (Å²) in [6.07, 6.45) is 2.55. The summed E-state index contributed by atoms with van der Waals surface area (Å²) in [6, 6.07) is 10.3. The predicted molar refractivity (Wildman–Crippen MR) is 82.5 cm³/mol. The van der Waals surface area contributed by atoms with Gasteiger partial charge in [-0.15, -0.1) is 0 Å². The number of hydrogen-bond acceptors (Lipinski definition) is 2. The van der Waals surface area contributed by atoms with Gasteiger partial charge in [0.2, 0.25) is 0 Å². The average Bonchev–Trinajstić information content (AvgIpc) is 3.04. The van der Waals surface area contributed by atoms with Gasteiger partial charge in [-0.2, -0.15) is 0 Å². The Hall–Kier alpha value is -1.55. The number of nitrogens with zero attached hydrogens (tertiary/aromatic N) is 3. The Balaban J connectivity index is 1.60. The van der Waals surface area contributed by atoms with Crippen LogP contribution in [0.25, 0.3) is 0 Å². The van der Waals surface area contributed by atoms with Crippen molar-refractivity contribution in [1.82, 2.24) is 9.80 Å². The van der Waals surface area contributed by atoms with E-state index in [1.807, 2.05) is 18.2 Å². The van der Waals surface area contributed by atoms with E-state index in [9.17, 15) is 0 Å². The zero-order valence-electron chi connectivity index (χ0n) is 12.3. The van der Waals surface area contributed by atoms with Crippen LogP contribution >= 0.6 is 0 Å². The second-order valence-electron chi connectivity index (χ2n) is 6.32. The van der Waals surface area contributed by atoms with E-state index in [-0.39, 0.29) is 0 Å². The molecule has 108 valence electrons. The normalized spacial score (nSPS) is 27.6. The van der Waals surface area contributed by atoms with Crippen LogP contribution in [0.15, 0.2) is 35.3 Å². The van der Waals surface area contributed by atoms with E-state index in [1.54, 1.807) is 0 Å². The summed E-state index contributed by atoms with van der Waals surface area (Å²) in [5.74, 6) is 0.709. The first-order chi connectivity index (χ1) is 9.67. The molecule has 0 aliphatic carbocycles. The highest BCUT2D eigenvalue weighted by molar-refractivity contribution is 5.78. The van der Waals surface area contributed by atoms with Gasteiger partial charge in [-0.3, -0.25) is 0 Å². The molecule has 20 heavy (non-hydrogen) atoms. The Morgan fingerprint density at radius 2 is 1.95 bits per heavy atom. The van der Waals surface area contributed by atoms with Crippen LogP contribution in [0.2, 0.25) is 0 Å². The van der Waals surface area contributed by atoms with Crippen LogP contribution in [-0.4, -0.2) is 49.0 Å². The Labute approximate surface area is 121 Å². The SMILES string of the molecule is CN1CCC2(CCN(C(N)=NCc3ccccc3)C2)C1. The summed E-state index contributed by atoms with van der Waals surface area (Å²) in [7, 11) is 2.21. The Bertz CT molecular complexity index is 485. The van der Waals surface area contributed by atoms with Crippen LogP contribution in [0.3, 0.4) is 0 Å². The lowest BCUT2D eigenvalue weighted by atomic mass is 9.86. The first kappa shape index (κ1) is 13.4. The molecule has 4 nitrogen and oxygen atoms in total. The van der Waals surface area contributed by atoms with Gasteiger partial charge in [0.1, 0.15) is 0 Å². The summed E-state index contributed by atoms with van der Waals surface area (Å²) in [6.45, 7) is 5.22. The molecule has 1 aromatic rings. The van der Waals surface area contributed by atoms with Crippen molar-refractivity contribution in [2.45, 2.75) is 19.4 Å². The van der Waals surface area contributed by atoms with Crippen molar-refractivity contribution in [3.05, 3.63) is 35.9 Å². The lowest BCUT2D eigenvalue weighted by Crippen LogP contribution is -2.38. The summed E-state index contributed by atoms with van der Waals surface area (Å²) in [5.41, 5.74) is 7.85. The van der Waals surface area contributed by atoms with Gasteiger partial charge in [0, 0.05) is 25.0 Å². The topological polar surface area (TPSA) is 44.9 Å². The van der Waals surface area contributed by atoms with E-state index in [0.717, 1.165) is 13.1 Å². The molecule has 2 aliphatic rings. The van der Waals surface area contributed by atoms with Crippen molar-refractivity contribution >= 4 is 5.96 Å². The van der Waals surface area contributed by atoms with Crippen LogP contribution in [-0.2, 0) is 6.54 Å². The molecule has 2 heterocycles. The molecule has 1 spiro atoms. The molecule has 3 rings (SSSR count). The molecule has 1 unspecified atom stereocenters. The maximum absolute atomic E-state index is 6.17. The van der Waals surface area contributed by atoms with Gasteiger partial charge in [-0.1, -0.05) is 30.3 Å². The van der Waals surface area contributed by atoms with E-state index in [0.29, 0.717) is 17.9 Å². The summed E-state index contributed by atoms with van der Waals surface area (Å²) >= 11 is 0. The van der Waals surface area contributed by atoms with Crippen molar-refractivity contribution in [3.8, 4) is 0 Å². The lowest BCUT2D eigenvalue weighted by molar-refractivity contribution is 0.292. The van der Waals surface area contributed by atoms with Gasteiger partial charge in [-0.05, 0) is 32.0 Å². The molecule has 1 aromatic carbocycles. The first-order valence-electron chi connectivity index (χ1n) is 7.44. The van der Waals surface area contributed by atoms with Crippen LogP contribution in [0.5, 0.6) is 0 Å². The molecule has 0 radical (unpaired) electrons. The predicted octanol–water partition coefficient (Wildman–Crippen LogP) is 1.53. The van der Waals surface area contributed by atoms with Gasteiger partial charge >= 0.3 is 0 Å². The van der Waals surface area contributed by atoms with Crippen LogP contribution in [0.4, 0.5) is 0 Å². The molecule has 1 atom stereocenters. The maximum Gasteiger partial charge on any atom is 0.191 e. The van der Waals surface area contributed by atoms with E-state index in [1.165, 1.54) is 31.5 Å². The van der Waals surface area contributed by atoms with Crippen LogP contribution in [0, 0.1) is 5.41 Å². The molecule has 2 saturated heterocycles. The molecule has 4 heteroatoms. The molecular formula is C16H24N4. The van der Waals surface area contributed by atoms with Crippen LogP contribution < -0.4 is 5.73 Å². The highest BCUT2D eigenvalue weighted by Gasteiger charge is 2.42. The number of nitrogens with two attached hydrogens (primary N) is 1. The molecule has 0 amide bonds. The highest BCUT2D eigenvalue weighted by Crippen LogP contribution is 2.38. The number of likely N-dealkylation sites (tertiary alicyclic amines) is 2. The third kappa shape index (κ3) is 2.80. The van der Waals surface area contributed by atoms with E-state index in [2.05, 4.69) is 34.0 Å². The number of hydrogen-bond donors (Lipinski definition) is 1. The second-order valence-corrected chi connectivity index (χ2v) is 6.32. The van der Waals surface area contributed by atoms with Gasteiger partial charge in [0.25, 0.3) is 0 Å². The van der Waals surface area contributed by atoms with Gasteiger partial charge in [0.05, 0.1) is 6.54 Å². The minimum atomic E-state index is 0.460. The fraction of sp³-hybridized carbons (Fsp3) is 0.562. The van der Waals surface area contributed by atoms with Crippen molar-refractivity contribution < 1.29 is 0 Å². The largest absolute Gasteiger partial charge is 0.370 e. The summed E-state index contributed by atoms with van der Waals surface area (Å²) in [5, 5.41) is 0. The van der Waals surface area contributed by atoms with Crippen LogP contribution in [0.1, 0.15) is 18.4 Å². The maximum atomic E-state index is 6.17. The van der Waals surface area contributed by atoms with Crippen molar-refractivity contribution in [3.63, 3.8) is 0 Å². The fourth-order valence-corrected chi connectivity index (χ4v) is 3.48. The number of rotatable bonds is 2. The smallest absolute Gasteiger partial charge is 0.191 e. The Morgan fingerprint density at radius 3 is 2.65 bits per heavy atom. The minimum absolute atomic E-state index is 0.460.